The Labute approximate surface area is 117 Å². The molecule has 1 aliphatic carbocycles. The van der Waals surface area contributed by atoms with Gasteiger partial charge >= 0.3 is 5.97 Å². The Morgan fingerprint density at radius 2 is 1.65 bits per heavy atom. The van der Waals surface area contributed by atoms with Crippen LogP contribution in [0.2, 0.25) is 0 Å². The third-order valence-corrected chi connectivity index (χ3v) is 4.26. The van der Waals surface area contributed by atoms with Crippen molar-refractivity contribution in [2.24, 2.45) is 11.8 Å². The minimum absolute atomic E-state index is 0.0532. The number of aromatic carboxylic acids is 1. The van der Waals surface area contributed by atoms with Gasteiger partial charge in [0, 0.05) is 18.7 Å². The summed E-state index contributed by atoms with van der Waals surface area (Å²) in [6, 6.07) is 6.29. The first kappa shape index (κ1) is 12.9. The summed E-state index contributed by atoms with van der Waals surface area (Å²) >= 11 is 0. The monoisotopic (exact) mass is 271 g/mol. The first-order chi connectivity index (χ1) is 9.65. The van der Waals surface area contributed by atoms with E-state index in [1.165, 1.54) is 12.1 Å². The molecule has 1 aromatic carbocycles. The van der Waals surface area contributed by atoms with Gasteiger partial charge in [-0.3, -0.25) is 4.79 Å². The highest BCUT2D eigenvalue weighted by Crippen LogP contribution is 2.33. The van der Waals surface area contributed by atoms with E-state index < -0.39 is 5.97 Å². The van der Waals surface area contributed by atoms with Gasteiger partial charge in [0.2, 0.25) is 0 Å². The van der Waals surface area contributed by atoms with Crippen LogP contribution in [0.3, 0.4) is 0 Å². The molecule has 4 nitrogen and oxygen atoms in total. The number of carbonyl (C=O) groups excluding carboxylic acids is 1. The van der Waals surface area contributed by atoms with Gasteiger partial charge in [0.1, 0.15) is 0 Å². The van der Waals surface area contributed by atoms with E-state index in [1.54, 1.807) is 12.1 Å². The number of amides is 1. The maximum atomic E-state index is 12.5. The Balaban J connectivity index is 1.77. The third kappa shape index (κ3) is 2.33. The third-order valence-electron chi connectivity index (χ3n) is 4.26. The second-order valence-corrected chi connectivity index (χ2v) is 5.56. The van der Waals surface area contributed by atoms with Gasteiger partial charge in [-0.2, -0.15) is 0 Å². The smallest absolute Gasteiger partial charge is 0.335 e. The quantitative estimate of drug-likeness (QED) is 0.840. The lowest BCUT2D eigenvalue weighted by Crippen LogP contribution is -2.29. The SMILES string of the molecule is O=C(O)c1cccc(C(=O)N2C[C@H]3CC=CC[C@@H]3C2)c1. The number of carboxylic acids is 1. The molecule has 0 unspecified atom stereocenters. The zero-order valence-electron chi connectivity index (χ0n) is 11.2. The van der Waals surface area contributed by atoms with E-state index in [2.05, 4.69) is 12.2 Å². The maximum Gasteiger partial charge on any atom is 0.335 e. The lowest BCUT2D eigenvalue weighted by molar-refractivity contribution is 0.0697. The highest BCUT2D eigenvalue weighted by molar-refractivity contribution is 5.97. The standard InChI is InChI=1S/C16H17NO3/c18-15(11-6-3-7-12(8-11)16(19)20)17-9-13-4-1-2-5-14(13)10-17/h1-3,6-8,13-14H,4-5,9-10H2,(H,19,20)/t13-,14-/m1/s1. The fourth-order valence-corrected chi connectivity index (χ4v) is 3.15. The van der Waals surface area contributed by atoms with Crippen molar-refractivity contribution >= 4 is 11.9 Å². The van der Waals surface area contributed by atoms with E-state index >= 15 is 0 Å². The predicted octanol–water partition coefficient (Wildman–Crippen LogP) is 2.42. The molecule has 1 heterocycles. The predicted molar refractivity (Wildman–Crippen MR) is 74.7 cm³/mol. The number of carboxylic acid groups (broad SMARTS) is 1. The molecule has 1 saturated heterocycles. The van der Waals surface area contributed by atoms with Crippen LogP contribution in [0.15, 0.2) is 36.4 Å². The van der Waals surface area contributed by atoms with E-state index in [1.807, 2.05) is 4.90 Å². The van der Waals surface area contributed by atoms with Gasteiger partial charge in [0.15, 0.2) is 0 Å². The number of carbonyl (C=O) groups is 2. The van der Waals surface area contributed by atoms with Crippen molar-refractivity contribution in [3.05, 3.63) is 47.5 Å². The molecule has 1 N–H and O–H groups in total. The number of rotatable bonds is 2. The fraction of sp³-hybridized carbons (Fsp3) is 0.375. The molecule has 1 fully saturated rings. The molecule has 4 heteroatoms. The number of allylic oxidation sites excluding steroid dienone is 2. The number of hydrogen-bond acceptors (Lipinski definition) is 2. The number of likely N-dealkylation sites (tertiary alicyclic amines) is 1. The van der Waals surface area contributed by atoms with Crippen LogP contribution in [-0.2, 0) is 0 Å². The summed E-state index contributed by atoms with van der Waals surface area (Å²) in [5.41, 5.74) is 0.630. The van der Waals surface area contributed by atoms with Gasteiger partial charge in [-0.1, -0.05) is 18.2 Å². The first-order valence-corrected chi connectivity index (χ1v) is 6.93. The topological polar surface area (TPSA) is 57.6 Å². The molecule has 1 aliphatic heterocycles. The molecule has 0 bridgehead atoms. The highest BCUT2D eigenvalue weighted by Gasteiger charge is 2.35. The second kappa shape index (κ2) is 5.12. The molecule has 0 spiro atoms. The molecule has 1 amide bonds. The number of fused-ring (bicyclic) bond motifs is 1. The Morgan fingerprint density at radius 3 is 2.25 bits per heavy atom. The van der Waals surface area contributed by atoms with E-state index in [9.17, 15) is 9.59 Å². The van der Waals surface area contributed by atoms with Crippen LogP contribution in [0.4, 0.5) is 0 Å². The number of hydrogen-bond donors (Lipinski definition) is 1. The van der Waals surface area contributed by atoms with Crippen LogP contribution in [0, 0.1) is 11.8 Å². The summed E-state index contributed by atoms with van der Waals surface area (Å²) in [4.78, 5) is 25.3. The normalized spacial score (nSPS) is 24.5. The van der Waals surface area contributed by atoms with Crippen molar-refractivity contribution < 1.29 is 14.7 Å². The minimum atomic E-state index is -1.00. The van der Waals surface area contributed by atoms with Crippen LogP contribution in [-0.4, -0.2) is 35.0 Å². The summed E-state index contributed by atoms with van der Waals surface area (Å²) in [5.74, 6) is 0.0691. The first-order valence-electron chi connectivity index (χ1n) is 6.93. The average Bonchev–Trinajstić information content (AvgIpc) is 2.90. The molecular formula is C16H17NO3. The summed E-state index contributed by atoms with van der Waals surface area (Å²) in [7, 11) is 0. The molecule has 104 valence electrons. The van der Waals surface area contributed by atoms with Crippen molar-refractivity contribution in [1.29, 1.82) is 0 Å². The molecule has 2 atom stereocenters. The Kier molecular flexibility index (Phi) is 3.30. The van der Waals surface area contributed by atoms with Gasteiger partial charge in [-0.05, 0) is 42.9 Å². The van der Waals surface area contributed by atoms with Crippen LogP contribution in [0.5, 0.6) is 0 Å². The molecule has 3 rings (SSSR count). The molecule has 20 heavy (non-hydrogen) atoms. The van der Waals surface area contributed by atoms with E-state index in [0.29, 0.717) is 17.4 Å². The Hall–Kier alpha value is -2.10. The zero-order valence-corrected chi connectivity index (χ0v) is 11.2. The fourth-order valence-electron chi connectivity index (χ4n) is 3.15. The second-order valence-electron chi connectivity index (χ2n) is 5.56. The van der Waals surface area contributed by atoms with Crippen molar-refractivity contribution in [1.82, 2.24) is 4.90 Å². The van der Waals surface area contributed by atoms with Gasteiger partial charge in [-0.15, -0.1) is 0 Å². The van der Waals surface area contributed by atoms with Gasteiger partial charge < -0.3 is 10.0 Å². The Morgan fingerprint density at radius 1 is 1.05 bits per heavy atom. The van der Waals surface area contributed by atoms with E-state index in [-0.39, 0.29) is 11.5 Å². The van der Waals surface area contributed by atoms with Crippen molar-refractivity contribution in [3.8, 4) is 0 Å². The summed E-state index contributed by atoms with van der Waals surface area (Å²) < 4.78 is 0. The zero-order chi connectivity index (χ0) is 14.1. The number of benzene rings is 1. The van der Waals surface area contributed by atoms with Gasteiger partial charge in [0.25, 0.3) is 5.91 Å². The van der Waals surface area contributed by atoms with Crippen molar-refractivity contribution in [3.63, 3.8) is 0 Å². The van der Waals surface area contributed by atoms with Crippen LogP contribution >= 0.6 is 0 Å². The van der Waals surface area contributed by atoms with Crippen LogP contribution in [0.25, 0.3) is 0 Å². The molecule has 0 saturated carbocycles. The molecule has 2 aliphatic rings. The lowest BCUT2D eigenvalue weighted by atomic mass is 9.86. The Bertz CT molecular complexity index is 563. The van der Waals surface area contributed by atoms with Crippen molar-refractivity contribution in [2.45, 2.75) is 12.8 Å². The largest absolute Gasteiger partial charge is 0.478 e. The minimum Gasteiger partial charge on any atom is -0.478 e. The molecular weight excluding hydrogens is 254 g/mol. The van der Waals surface area contributed by atoms with Crippen LogP contribution < -0.4 is 0 Å². The van der Waals surface area contributed by atoms with E-state index in [4.69, 9.17) is 5.11 Å². The van der Waals surface area contributed by atoms with Gasteiger partial charge in [0.05, 0.1) is 5.56 Å². The average molecular weight is 271 g/mol. The molecule has 1 aromatic rings. The van der Waals surface area contributed by atoms with E-state index in [0.717, 1.165) is 25.9 Å². The summed E-state index contributed by atoms with van der Waals surface area (Å²) in [6.07, 6.45) is 6.48. The van der Waals surface area contributed by atoms with Crippen LogP contribution in [0.1, 0.15) is 33.6 Å². The molecule has 0 radical (unpaired) electrons. The van der Waals surface area contributed by atoms with Gasteiger partial charge in [-0.25, -0.2) is 4.79 Å². The molecule has 0 aromatic heterocycles. The maximum absolute atomic E-state index is 12.5. The summed E-state index contributed by atoms with van der Waals surface area (Å²) in [5, 5.41) is 8.99. The van der Waals surface area contributed by atoms with Crippen molar-refractivity contribution in [2.75, 3.05) is 13.1 Å². The highest BCUT2D eigenvalue weighted by atomic mass is 16.4. The lowest BCUT2D eigenvalue weighted by Gasteiger charge is -2.17. The summed E-state index contributed by atoms with van der Waals surface area (Å²) in [6.45, 7) is 1.57. The number of nitrogens with zero attached hydrogens (tertiary/aromatic N) is 1.